The minimum absolute atomic E-state index is 0.0452. The van der Waals surface area contributed by atoms with E-state index in [4.69, 9.17) is 16.4 Å². The number of benzene rings is 1. The normalized spacial score (nSPS) is 11.1. The lowest BCUT2D eigenvalue weighted by Gasteiger charge is -2.05. The highest BCUT2D eigenvalue weighted by molar-refractivity contribution is 6.33. The molecule has 2 aromatic heterocycles. The van der Waals surface area contributed by atoms with Crippen molar-refractivity contribution in [1.29, 1.82) is 0 Å². The van der Waals surface area contributed by atoms with Crippen LogP contribution in [0.15, 0.2) is 54.1 Å². The standard InChI is InChI=1S/C16H12ClFN4O2/c1-21-15(22-7-2-3-8-22)12(9-19-21)16(23)24-20-10-11-13(17)5-4-6-14(11)18/h2-10H,1H3. The molecule has 24 heavy (non-hydrogen) atoms. The van der Waals surface area contributed by atoms with Crippen LogP contribution >= 0.6 is 11.6 Å². The summed E-state index contributed by atoms with van der Waals surface area (Å²) in [6.45, 7) is 0. The first kappa shape index (κ1) is 15.9. The molecule has 0 fully saturated rings. The lowest BCUT2D eigenvalue weighted by molar-refractivity contribution is 0.0519. The second kappa shape index (κ2) is 6.67. The van der Waals surface area contributed by atoms with E-state index in [1.54, 1.807) is 24.0 Å². The summed E-state index contributed by atoms with van der Waals surface area (Å²) in [6.07, 6.45) is 5.98. The number of hydrogen-bond donors (Lipinski definition) is 0. The topological polar surface area (TPSA) is 61.4 Å². The molecule has 6 nitrogen and oxygen atoms in total. The monoisotopic (exact) mass is 346 g/mol. The van der Waals surface area contributed by atoms with Crippen LogP contribution in [0.3, 0.4) is 0 Å². The van der Waals surface area contributed by atoms with Gasteiger partial charge >= 0.3 is 5.97 Å². The summed E-state index contributed by atoms with van der Waals surface area (Å²) in [5.74, 6) is -0.739. The van der Waals surface area contributed by atoms with E-state index in [2.05, 4.69) is 10.3 Å². The van der Waals surface area contributed by atoms with Crippen molar-refractivity contribution in [1.82, 2.24) is 14.3 Å². The predicted molar refractivity (Wildman–Crippen MR) is 87.0 cm³/mol. The molecule has 0 N–H and O–H groups in total. The lowest BCUT2D eigenvalue weighted by atomic mass is 10.2. The van der Waals surface area contributed by atoms with Crippen LogP contribution < -0.4 is 0 Å². The van der Waals surface area contributed by atoms with E-state index in [0.717, 1.165) is 6.21 Å². The third kappa shape index (κ3) is 3.07. The highest BCUT2D eigenvalue weighted by atomic mass is 35.5. The van der Waals surface area contributed by atoms with Gasteiger partial charge in [0, 0.05) is 19.4 Å². The lowest BCUT2D eigenvalue weighted by Crippen LogP contribution is -2.08. The Kier molecular flexibility index (Phi) is 4.43. The molecule has 1 aromatic carbocycles. The van der Waals surface area contributed by atoms with Crippen molar-refractivity contribution in [2.45, 2.75) is 0 Å². The third-order valence-electron chi connectivity index (χ3n) is 3.29. The second-order valence-corrected chi connectivity index (χ2v) is 5.25. The van der Waals surface area contributed by atoms with Gasteiger partial charge in [-0.25, -0.2) is 9.18 Å². The van der Waals surface area contributed by atoms with Crippen LogP contribution in [-0.4, -0.2) is 26.5 Å². The van der Waals surface area contributed by atoms with E-state index < -0.39 is 11.8 Å². The molecule has 0 atom stereocenters. The molecule has 3 aromatic rings. The summed E-state index contributed by atoms with van der Waals surface area (Å²) in [5, 5.41) is 7.75. The summed E-state index contributed by atoms with van der Waals surface area (Å²) in [6, 6.07) is 7.86. The van der Waals surface area contributed by atoms with Crippen LogP contribution in [0, 0.1) is 5.82 Å². The molecule has 0 aliphatic rings. The third-order valence-corrected chi connectivity index (χ3v) is 3.62. The molecule has 8 heteroatoms. The van der Waals surface area contributed by atoms with Crippen molar-refractivity contribution in [2.24, 2.45) is 12.2 Å². The molecular formula is C16H12ClFN4O2. The number of oxime groups is 1. The van der Waals surface area contributed by atoms with Crippen LogP contribution in [0.25, 0.3) is 5.82 Å². The Balaban J connectivity index is 1.81. The number of halogens is 2. The van der Waals surface area contributed by atoms with E-state index in [9.17, 15) is 9.18 Å². The Morgan fingerprint density at radius 2 is 2.08 bits per heavy atom. The highest BCUT2D eigenvalue weighted by Crippen LogP contribution is 2.18. The zero-order valence-electron chi connectivity index (χ0n) is 12.6. The average molecular weight is 347 g/mol. The predicted octanol–water partition coefficient (Wildman–Crippen LogP) is 3.19. The van der Waals surface area contributed by atoms with E-state index in [0.29, 0.717) is 5.82 Å². The molecule has 3 rings (SSSR count). The van der Waals surface area contributed by atoms with Gasteiger partial charge in [0.25, 0.3) is 0 Å². The minimum Gasteiger partial charge on any atom is -0.313 e. The Morgan fingerprint density at radius 1 is 1.33 bits per heavy atom. The summed E-state index contributed by atoms with van der Waals surface area (Å²) >= 11 is 5.87. The van der Waals surface area contributed by atoms with Crippen molar-refractivity contribution in [3.05, 3.63) is 70.9 Å². The fourth-order valence-electron chi connectivity index (χ4n) is 2.17. The fraction of sp³-hybridized carbons (Fsp3) is 0.0625. The Bertz CT molecular complexity index is 883. The molecule has 2 heterocycles. The average Bonchev–Trinajstić information content (AvgIpc) is 3.19. The van der Waals surface area contributed by atoms with Crippen molar-refractivity contribution in [3.8, 4) is 5.82 Å². The van der Waals surface area contributed by atoms with Gasteiger partial charge in [0.1, 0.15) is 17.2 Å². The number of carbonyl (C=O) groups is 1. The summed E-state index contributed by atoms with van der Waals surface area (Å²) in [4.78, 5) is 17.0. The van der Waals surface area contributed by atoms with Crippen LogP contribution in [0.5, 0.6) is 0 Å². The van der Waals surface area contributed by atoms with E-state index in [-0.39, 0.29) is 16.1 Å². The molecule has 0 radical (unpaired) electrons. The number of nitrogens with zero attached hydrogens (tertiary/aromatic N) is 4. The number of aromatic nitrogens is 3. The number of carbonyl (C=O) groups excluding carboxylic acids is 1. The van der Waals surface area contributed by atoms with Gasteiger partial charge in [0.2, 0.25) is 0 Å². The van der Waals surface area contributed by atoms with Crippen LogP contribution in [0.4, 0.5) is 4.39 Å². The largest absolute Gasteiger partial charge is 0.371 e. The molecule has 122 valence electrons. The van der Waals surface area contributed by atoms with Crippen molar-refractivity contribution in [2.75, 3.05) is 0 Å². The van der Waals surface area contributed by atoms with Gasteiger partial charge in [-0.15, -0.1) is 0 Å². The van der Waals surface area contributed by atoms with E-state index in [1.807, 2.05) is 12.1 Å². The smallest absolute Gasteiger partial charge is 0.313 e. The van der Waals surface area contributed by atoms with Gasteiger partial charge in [-0.3, -0.25) is 4.68 Å². The molecule has 0 aliphatic carbocycles. The first-order chi connectivity index (χ1) is 11.6. The number of hydrogen-bond acceptors (Lipinski definition) is 4. The Hall–Kier alpha value is -2.93. The van der Waals surface area contributed by atoms with Gasteiger partial charge in [0.15, 0.2) is 0 Å². The maximum absolute atomic E-state index is 13.6. The number of rotatable bonds is 4. The molecule has 0 aliphatic heterocycles. The zero-order valence-corrected chi connectivity index (χ0v) is 13.3. The molecular weight excluding hydrogens is 335 g/mol. The zero-order chi connectivity index (χ0) is 17.1. The van der Waals surface area contributed by atoms with Gasteiger partial charge < -0.3 is 9.40 Å². The van der Waals surface area contributed by atoms with Crippen LogP contribution in [0.1, 0.15) is 15.9 Å². The quantitative estimate of drug-likeness (QED) is 0.414. The molecule has 0 saturated carbocycles. The van der Waals surface area contributed by atoms with Gasteiger partial charge in [-0.2, -0.15) is 5.10 Å². The molecule has 0 spiro atoms. The summed E-state index contributed by atoms with van der Waals surface area (Å²) in [7, 11) is 1.70. The minimum atomic E-state index is -0.712. The van der Waals surface area contributed by atoms with Gasteiger partial charge in [-0.1, -0.05) is 22.8 Å². The molecule has 0 bridgehead atoms. The molecule has 0 unspecified atom stereocenters. The van der Waals surface area contributed by atoms with Gasteiger partial charge in [0.05, 0.1) is 23.0 Å². The molecule has 0 amide bonds. The van der Waals surface area contributed by atoms with Crippen LogP contribution in [0.2, 0.25) is 5.02 Å². The van der Waals surface area contributed by atoms with Crippen molar-refractivity contribution >= 4 is 23.8 Å². The second-order valence-electron chi connectivity index (χ2n) is 4.84. The first-order valence-corrected chi connectivity index (χ1v) is 7.30. The summed E-state index contributed by atoms with van der Waals surface area (Å²) in [5.41, 5.74) is 0.272. The van der Waals surface area contributed by atoms with E-state index >= 15 is 0 Å². The maximum atomic E-state index is 13.6. The Labute approximate surface area is 141 Å². The van der Waals surface area contributed by atoms with Crippen LogP contribution in [-0.2, 0) is 11.9 Å². The SMILES string of the molecule is Cn1ncc(C(=O)ON=Cc2c(F)cccc2Cl)c1-n1cccc1. The Morgan fingerprint density at radius 3 is 2.79 bits per heavy atom. The fourth-order valence-corrected chi connectivity index (χ4v) is 2.38. The maximum Gasteiger partial charge on any atom is 0.371 e. The van der Waals surface area contributed by atoms with Crippen molar-refractivity contribution < 1.29 is 14.0 Å². The van der Waals surface area contributed by atoms with Gasteiger partial charge in [-0.05, 0) is 24.3 Å². The highest BCUT2D eigenvalue weighted by Gasteiger charge is 2.19. The number of aryl methyl sites for hydroxylation is 1. The molecule has 0 saturated heterocycles. The van der Waals surface area contributed by atoms with E-state index in [1.165, 1.54) is 29.1 Å². The summed E-state index contributed by atoms with van der Waals surface area (Å²) < 4.78 is 16.9. The first-order valence-electron chi connectivity index (χ1n) is 6.92. The van der Waals surface area contributed by atoms with Crippen molar-refractivity contribution in [3.63, 3.8) is 0 Å².